The molecule has 2 N–H and O–H groups in total. The van der Waals surface area contributed by atoms with Crippen LogP contribution in [0.4, 0.5) is 0 Å². The zero-order chi connectivity index (χ0) is 14.3. The van der Waals surface area contributed by atoms with E-state index in [0.29, 0.717) is 6.54 Å². The molecule has 2 heterocycles. The van der Waals surface area contributed by atoms with Crippen LogP contribution in [0.2, 0.25) is 5.02 Å². The van der Waals surface area contributed by atoms with Gasteiger partial charge in [-0.3, -0.25) is 4.40 Å². The summed E-state index contributed by atoms with van der Waals surface area (Å²) in [5, 5.41) is 0.797. The highest BCUT2D eigenvalue weighted by Gasteiger charge is 2.15. The third-order valence-electron chi connectivity index (χ3n) is 3.44. The highest BCUT2D eigenvalue weighted by Crippen LogP contribution is 2.33. The molecule has 0 spiro atoms. The lowest BCUT2D eigenvalue weighted by molar-refractivity contribution is 0.910. The summed E-state index contributed by atoms with van der Waals surface area (Å²) in [6.45, 7) is 4.78. The zero-order valence-corrected chi connectivity index (χ0v) is 13.1. The molecule has 3 rings (SSSR count). The van der Waals surface area contributed by atoms with E-state index >= 15 is 0 Å². The number of aromatic nitrogens is 2. The normalized spacial score (nSPS) is 11.4. The fraction of sp³-hybridized carbons (Fsp3) is 0.267. The summed E-state index contributed by atoms with van der Waals surface area (Å²) in [6.07, 6.45) is 2.75. The maximum atomic E-state index is 6.13. The van der Waals surface area contributed by atoms with Gasteiger partial charge in [-0.25, -0.2) is 4.98 Å². The quantitative estimate of drug-likeness (QED) is 0.799. The number of nitrogens with two attached hydrogens (primary N) is 1. The Bertz CT molecular complexity index is 773. The Hall–Kier alpha value is -1.36. The second-order valence-corrected chi connectivity index (χ2v) is 6.47. The van der Waals surface area contributed by atoms with E-state index in [1.807, 2.05) is 19.2 Å². The SMILES string of the molecule is Cc1cc(-c2c(C)sc3ncc(CCN)n23)ccc1Cl. The van der Waals surface area contributed by atoms with Crippen LogP contribution in [-0.2, 0) is 6.42 Å². The third kappa shape index (κ3) is 2.14. The second-order valence-electron chi connectivity index (χ2n) is 4.88. The molecule has 0 amide bonds. The van der Waals surface area contributed by atoms with Crippen molar-refractivity contribution in [3.63, 3.8) is 0 Å². The summed E-state index contributed by atoms with van der Waals surface area (Å²) >= 11 is 7.84. The van der Waals surface area contributed by atoms with Crippen molar-refractivity contribution < 1.29 is 0 Å². The van der Waals surface area contributed by atoms with Crippen LogP contribution < -0.4 is 5.73 Å². The summed E-state index contributed by atoms with van der Waals surface area (Å²) < 4.78 is 2.22. The lowest BCUT2D eigenvalue weighted by atomic mass is 10.1. The average Bonchev–Trinajstić information content (AvgIpc) is 2.93. The number of fused-ring (bicyclic) bond motifs is 1. The highest BCUT2D eigenvalue weighted by molar-refractivity contribution is 7.17. The van der Waals surface area contributed by atoms with Gasteiger partial charge in [0.15, 0.2) is 4.96 Å². The third-order valence-corrected chi connectivity index (χ3v) is 4.83. The van der Waals surface area contributed by atoms with E-state index in [-0.39, 0.29) is 0 Å². The van der Waals surface area contributed by atoms with Crippen molar-refractivity contribution in [2.45, 2.75) is 20.3 Å². The topological polar surface area (TPSA) is 43.3 Å². The molecule has 0 aliphatic heterocycles. The van der Waals surface area contributed by atoms with Gasteiger partial charge in [-0.2, -0.15) is 0 Å². The summed E-state index contributed by atoms with van der Waals surface area (Å²) in [6, 6.07) is 6.15. The van der Waals surface area contributed by atoms with Gasteiger partial charge in [0.2, 0.25) is 0 Å². The number of aryl methyl sites for hydroxylation is 2. The number of benzene rings is 1. The number of halogens is 1. The first-order valence-electron chi connectivity index (χ1n) is 6.54. The second kappa shape index (κ2) is 5.20. The molecule has 104 valence electrons. The molecule has 0 saturated carbocycles. The standard InChI is InChI=1S/C15H16ClN3S/c1-9-7-11(3-4-13(9)16)14-10(2)20-15-18-8-12(5-6-17)19(14)15/h3-4,7-8H,5-6,17H2,1-2H3. The minimum atomic E-state index is 0.627. The molecule has 0 radical (unpaired) electrons. The Kier molecular flexibility index (Phi) is 3.54. The largest absolute Gasteiger partial charge is 0.330 e. The molecule has 0 atom stereocenters. The smallest absolute Gasteiger partial charge is 0.194 e. The van der Waals surface area contributed by atoms with Crippen molar-refractivity contribution in [2.75, 3.05) is 6.54 Å². The van der Waals surface area contributed by atoms with Gasteiger partial charge in [0.1, 0.15) is 0 Å². The fourth-order valence-electron chi connectivity index (χ4n) is 2.47. The van der Waals surface area contributed by atoms with Gasteiger partial charge < -0.3 is 5.73 Å². The van der Waals surface area contributed by atoms with Gasteiger partial charge in [0.05, 0.1) is 11.9 Å². The number of rotatable bonds is 3. The van der Waals surface area contributed by atoms with Crippen LogP contribution in [0.3, 0.4) is 0 Å². The minimum Gasteiger partial charge on any atom is -0.330 e. The first kappa shape index (κ1) is 13.6. The molecule has 0 saturated heterocycles. The molecule has 0 aliphatic rings. The van der Waals surface area contributed by atoms with Crippen molar-refractivity contribution in [1.29, 1.82) is 0 Å². The van der Waals surface area contributed by atoms with Crippen molar-refractivity contribution in [2.24, 2.45) is 5.73 Å². The number of hydrogen-bond donors (Lipinski definition) is 1. The first-order chi connectivity index (χ1) is 9.61. The van der Waals surface area contributed by atoms with Gasteiger partial charge in [0, 0.05) is 27.6 Å². The van der Waals surface area contributed by atoms with Crippen LogP contribution in [0.5, 0.6) is 0 Å². The van der Waals surface area contributed by atoms with Crippen molar-refractivity contribution in [3.8, 4) is 11.3 Å². The number of hydrogen-bond acceptors (Lipinski definition) is 3. The van der Waals surface area contributed by atoms with E-state index in [1.54, 1.807) is 11.3 Å². The van der Waals surface area contributed by atoms with Gasteiger partial charge >= 0.3 is 0 Å². The Labute approximate surface area is 127 Å². The molecule has 0 fully saturated rings. The first-order valence-corrected chi connectivity index (χ1v) is 7.73. The number of imidazole rings is 1. The van der Waals surface area contributed by atoms with Gasteiger partial charge in [-0.15, -0.1) is 11.3 Å². The maximum absolute atomic E-state index is 6.13. The molecule has 0 bridgehead atoms. The molecule has 2 aromatic heterocycles. The monoisotopic (exact) mass is 305 g/mol. The Morgan fingerprint density at radius 3 is 2.85 bits per heavy atom. The highest BCUT2D eigenvalue weighted by atomic mass is 35.5. The van der Waals surface area contributed by atoms with Gasteiger partial charge in [-0.05, 0) is 38.1 Å². The number of nitrogens with zero attached hydrogens (tertiary/aromatic N) is 2. The molecular formula is C15H16ClN3S. The molecule has 3 aromatic rings. The molecule has 0 unspecified atom stereocenters. The summed E-state index contributed by atoms with van der Waals surface area (Å²) in [7, 11) is 0. The Balaban J connectivity index is 2.25. The van der Waals surface area contributed by atoms with Crippen LogP contribution in [0, 0.1) is 13.8 Å². The van der Waals surface area contributed by atoms with E-state index in [2.05, 4.69) is 28.4 Å². The zero-order valence-electron chi connectivity index (χ0n) is 11.5. The van der Waals surface area contributed by atoms with E-state index in [1.165, 1.54) is 16.1 Å². The molecular weight excluding hydrogens is 290 g/mol. The minimum absolute atomic E-state index is 0.627. The fourth-order valence-corrected chi connectivity index (χ4v) is 3.57. The van der Waals surface area contributed by atoms with Gasteiger partial charge in [-0.1, -0.05) is 17.7 Å². The summed E-state index contributed by atoms with van der Waals surface area (Å²) in [5.74, 6) is 0. The van der Waals surface area contributed by atoms with Crippen LogP contribution in [0.15, 0.2) is 24.4 Å². The molecule has 1 aromatic carbocycles. The Morgan fingerprint density at radius 1 is 1.35 bits per heavy atom. The lowest BCUT2D eigenvalue weighted by Gasteiger charge is -2.07. The Morgan fingerprint density at radius 2 is 2.15 bits per heavy atom. The van der Waals surface area contributed by atoms with Crippen LogP contribution in [-0.4, -0.2) is 15.9 Å². The van der Waals surface area contributed by atoms with Crippen molar-refractivity contribution in [1.82, 2.24) is 9.38 Å². The molecule has 20 heavy (non-hydrogen) atoms. The summed E-state index contributed by atoms with van der Waals surface area (Å²) in [5.41, 5.74) is 10.3. The van der Waals surface area contributed by atoms with Gasteiger partial charge in [0.25, 0.3) is 0 Å². The average molecular weight is 306 g/mol. The van der Waals surface area contributed by atoms with E-state index in [0.717, 1.165) is 27.7 Å². The van der Waals surface area contributed by atoms with Crippen molar-refractivity contribution >= 4 is 27.9 Å². The lowest BCUT2D eigenvalue weighted by Crippen LogP contribution is -2.05. The number of thiazole rings is 1. The van der Waals surface area contributed by atoms with E-state index in [9.17, 15) is 0 Å². The van der Waals surface area contributed by atoms with Crippen molar-refractivity contribution in [3.05, 3.63) is 45.6 Å². The predicted octanol–water partition coefficient (Wildman–Crippen LogP) is 3.83. The predicted molar refractivity (Wildman–Crippen MR) is 85.7 cm³/mol. The molecule has 0 aliphatic carbocycles. The summed E-state index contributed by atoms with van der Waals surface area (Å²) in [4.78, 5) is 6.76. The van der Waals surface area contributed by atoms with Crippen LogP contribution in [0.25, 0.3) is 16.2 Å². The molecule has 3 nitrogen and oxygen atoms in total. The van der Waals surface area contributed by atoms with Crippen LogP contribution in [0.1, 0.15) is 16.1 Å². The van der Waals surface area contributed by atoms with E-state index < -0.39 is 0 Å². The molecule has 5 heteroatoms. The van der Waals surface area contributed by atoms with E-state index in [4.69, 9.17) is 17.3 Å². The maximum Gasteiger partial charge on any atom is 0.194 e. The van der Waals surface area contributed by atoms with Crippen LogP contribution >= 0.6 is 22.9 Å².